The summed E-state index contributed by atoms with van der Waals surface area (Å²) in [6, 6.07) is 4.37. The van der Waals surface area contributed by atoms with E-state index in [1.165, 1.54) is 0 Å². The summed E-state index contributed by atoms with van der Waals surface area (Å²) in [6.07, 6.45) is -0.346. The van der Waals surface area contributed by atoms with Crippen molar-refractivity contribution in [2.45, 2.75) is 39.5 Å². The summed E-state index contributed by atoms with van der Waals surface area (Å²) < 4.78 is 11.0. The molecule has 120 valence electrons. The van der Waals surface area contributed by atoms with E-state index in [0.29, 0.717) is 19.1 Å². The highest BCUT2D eigenvalue weighted by molar-refractivity contribution is 5.05. The molecular formula is C16H28N2O3. The fourth-order valence-electron chi connectivity index (χ4n) is 2.64. The van der Waals surface area contributed by atoms with E-state index in [4.69, 9.17) is 9.15 Å². The van der Waals surface area contributed by atoms with Crippen LogP contribution in [0.4, 0.5) is 0 Å². The van der Waals surface area contributed by atoms with Crippen LogP contribution in [0.25, 0.3) is 0 Å². The van der Waals surface area contributed by atoms with Gasteiger partial charge in [0.1, 0.15) is 11.5 Å². The standard InChI is InChI=1S/C16H28N2O3/c1-13(2)18(12-16-5-4-14(3)21-16)11-15(19)10-17-6-8-20-9-7-17/h4-5,13,15,19H,6-12H2,1-3H3. The molecule has 1 saturated heterocycles. The molecule has 1 unspecified atom stereocenters. The van der Waals surface area contributed by atoms with Crippen molar-refractivity contribution in [1.82, 2.24) is 9.80 Å². The summed E-state index contributed by atoms with van der Waals surface area (Å²) in [5.41, 5.74) is 0. The lowest BCUT2D eigenvalue weighted by molar-refractivity contribution is 0.00280. The molecule has 21 heavy (non-hydrogen) atoms. The van der Waals surface area contributed by atoms with E-state index in [1.54, 1.807) is 0 Å². The van der Waals surface area contributed by atoms with Crippen molar-refractivity contribution in [3.8, 4) is 0 Å². The highest BCUT2D eigenvalue weighted by Gasteiger charge is 2.20. The predicted octanol–water partition coefficient (Wildman–Crippen LogP) is 1.49. The molecule has 0 amide bonds. The third-order valence-electron chi connectivity index (χ3n) is 3.90. The van der Waals surface area contributed by atoms with Crippen LogP contribution in [0.1, 0.15) is 25.4 Å². The van der Waals surface area contributed by atoms with E-state index in [-0.39, 0.29) is 6.10 Å². The van der Waals surface area contributed by atoms with E-state index >= 15 is 0 Å². The topological polar surface area (TPSA) is 49.1 Å². The normalized spacial score (nSPS) is 18.6. The number of aliphatic hydroxyl groups excluding tert-OH is 1. The summed E-state index contributed by atoms with van der Waals surface area (Å²) >= 11 is 0. The van der Waals surface area contributed by atoms with Gasteiger partial charge in [-0.2, -0.15) is 0 Å². The minimum Gasteiger partial charge on any atom is -0.465 e. The fraction of sp³-hybridized carbons (Fsp3) is 0.750. The molecule has 2 rings (SSSR count). The predicted molar refractivity (Wildman–Crippen MR) is 82.3 cm³/mol. The van der Waals surface area contributed by atoms with Crippen LogP contribution in [-0.4, -0.2) is 66.4 Å². The third-order valence-corrected chi connectivity index (χ3v) is 3.90. The van der Waals surface area contributed by atoms with Crippen LogP contribution in [0.3, 0.4) is 0 Å². The van der Waals surface area contributed by atoms with Gasteiger partial charge in [-0.15, -0.1) is 0 Å². The molecule has 2 heterocycles. The summed E-state index contributed by atoms with van der Waals surface area (Å²) in [4.78, 5) is 4.52. The Labute approximate surface area is 127 Å². The first-order chi connectivity index (χ1) is 10.0. The number of nitrogens with zero attached hydrogens (tertiary/aromatic N) is 2. The van der Waals surface area contributed by atoms with Crippen LogP contribution in [-0.2, 0) is 11.3 Å². The zero-order valence-corrected chi connectivity index (χ0v) is 13.4. The van der Waals surface area contributed by atoms with Crippen LogP contribution < -0.4 is 0 Å². The number of hydrogen-bond donors (Lipinski definition) is 1. The molecule has 0 aliphatic carbocycles. The lowest BCUT2D eigenvalue weighted by Crippen LogP contribution is -2.45. The molecule has 5 nitrogen and oxygen atoms in total. The fourth-order valence-corrected chi connectivity index (χ4v) is 2.64. The SMILES string of the molecule is Cc1ccc(CN(CC(O)CN2CCOCC2)C(C)C)o1. The lowest BCUT2D eigenvalue weighted by Gasteiger charge is -2.32. The quantitative estimate of drug-likeness (QED) is 0.826. The number of rotatable bonds is 7. The first kappa shape index (κ1) is 16.5. The van der Waals surface area contributed by atoms with Gasteiger partial charge in [-0.1, -0.05) is 0 Å². The van der Waals surface area contributed by atoms with Crippen LogP contribution in [0.5, 0.6) is 0 Å². The largest absolute Gasteiger partial charge is 0.465 e. The minimum atomic E-state index is -0.346. The lowest BCUT2D eigenvalue weighted by atomic mass is 10.2. The number of β-amino-alcohol motifs (C(OH)–C–C–N with tert-alkyl or cyclic N) is 1. The highest BCUT2D eigenvalue weighted by Crippen LogP contribution is 2.13. The van der Waals surface area contributed by atoms with Crippen molar-refractivity contribution in [1.29, 1.82) is 0 Å². The van der Waals surface area contributed by atoms with Crippen LogP contribution in [0.2, 0.25) is 0 Å². The summed E-state index contributed by atoms with van der Waals surface area (Å²) in [5, 5.41) is 10.3. The van der Waals surface area contributed by atoms with E-state index in [1.807, 2.05) is 19.1 Å². The van der Waals surface area contributed by atoms with E-state index in [9.17, 15) is 5.11 Å². The van der Waals surface area contributed by atoms with Gasteiger partial charge in [0.25, 0.3) is 0 Å². The van der Waals surface area contributed by atoms with Gasteiger partial charge in [-0.3, -0.25) is 9.80 Å². The summed E-state index contributed by atoms with van der Waals surface area (Å²) in [7, 11) is 0. The van der Waals surface area contributed by atoms with Crippen LogP contribution in [0.15, 0.2) is 16.5 Å². The van der Waals surface area contributed by atoms with E-state index < -0.39 is 0 Å². The third kappa shape index (κ3) is 5.43. The molecule has 1 fully saturated rings. The molecule has 1 N–H and O–H groups in total. The second-order valence-corrected chi connectivity index (χ2v) is 6.10. The van der Waals surface area contributed by atoms with Crippen molar-refractivity contribution in [2.75, 3.05) is 39.4 Å². The maximum absolute atomic E-state index is 10.3. The van der Waals surface area contributed by atoms with Crippen LogP contribution >= 0.6 is 0 Å². The van der Waals surface area contributed by atoms with E-state index in [0.717, 1.165) is 44.4 Å². The van der Waals surface area contributed by atoms with Gasteiger partial charge in [0.05, 0.1) is 25.9 Å². The molecule has 1 aromatic rings. The monoisotopic (exact) mass is 296 g/mol. The number of furan rings is 1. The average molecular weight is 296 g/mol. The molecule has 1 aromatic heterocycles. The molecule has 0 saturated carbocycles. The molecule has 0 spiro atoms. The first-order valence-electron chi connectivity index (χ1n) is 7.82. The Kier molecular flexibility index (Phi) is 6.23. The Morgan fingerprint density at radius 1 is 1.29 bits per heavy atom. The van der Waals surface area contributed by atoms with Crippen molar-refractivity contribution in [3.05, 3.63) is 23.7 Å². The maximum atomic E-state index is 10.3. The molecule has 1 aliphatic rings. The van der Waals surface area contributed by atoms with Gasteiger partial charge in [0.2, 0.25) is 0 Å². The molecule has 1 aliphatic heterocycles. The molecule has 0 aromatic carbocycles. The van der Waals surface area contributed by atoms with Crippen molar-refractivity contribution in [3.63, 3.8) is 0 Å². The Balaban J connectivity index is 1.83. The number of hydrogen-bond acceptors (Lipinski definition) is 5. The molecule has 0 radical (unpaired) electrons. The van der Waals surface area contributed by atoms with Gasteiger partial charge >= 0.3 is 0 Å². The number of aliphatic hydroxyl groups is 1. The van der Waals surface area contributed by atoms with Crippen molar-refractivity contribution in [2.24, 2.45) is 0 Å². The Morgan fingerprint density at radius 3 is 2.57 bits per heavy atom. The summed E-state index contributed by atoms with van der Waals surface area (Å²) in [6.45, 7) is 11.7. The number of morpholine rings is 1. The minimum absolute atomic E-state index is 0.346. The van der Waals surface area contributed by atoms with Crippen molar-refractivity contribution >= 4 is 0 Å². The zero-order chi connectivity index (χ0) is 15.2. The van der Waals surface area contributed by atoms with Gasteiger partial charge in [0, 0.05) is 32.2 Å². The molecule has 5 heteroatoms. The van der Waals surface area contributed by atoms with Gasteiger partial charge < -0.3 is 14.3 Å². The second-order valence-electron chi connectivity index (χ2n) is 6.10. The Morgan fingerprint density at radius 2 is 2.00 bits per heavy atom. The average Bonchev–Trinajstić information content (AvgIpc) is 2.84. The van der Waals surface area contributed by atoms with Crippen LogP contribution in [0, 0.1) is 6.92 Å². The van der Waals surface area contributed by atoms with E-state index in [2.05, 4.69) is 23.6 Å². The number of aryl methyl sites for hydroxylation is 1. The van der Waals surface area contributed by atoms with Gasteiger partial charge in [-0.25, -0.2) is 0 Å². The highest BCUT2D eigenvalue weighted by atomic mass is 16.5. The Bertz CT molecular complexity index is 413. The summed E-state index contributed by atoms with van der Waals surface area (Å²) in [5.74, 6) is 1.89. The zero-order valence-electron chi connectivity index (χ0n) is 13.4. The first-order valence-corrected chi connectivity index (χ1v) is 7.82. The number of ether oxygens (including phenoxy) is 1. The second kappa shape index (κ2) is 7.94. The van der Waals surface area contributed by atoms with Crippen molar-refractivity contribution < 1.29 is 14.3 Å². The Hall–Kier alpha value is -0.880. The van der Waals surface area contributed by atoms with Gasteiger partial charge in [-0.05, 0) is 32.9 Å². The smallest absolute Gasteiger partial charge is 0.118 e. The molecule has 0 bridgehead atoms. The maximum Gasteiger partial charge on any atom is 0.118 e. The molecule has 1 atom stereocenters. The molecular weight excluding hydrogens is 268 g/mol. The van der Waals surface area contributed by atoms with Gasteiger partial charge in [0.15, 0.2) is 0 Å².